The van der Waals surface area contributed by atoms with Gasteiger partial charge in [-0.05, 0) is 61.3 Å². The van der Waals surface area contributed by atoms with Crippen LogP contribution in [0.5, 0.6) is 5.75 Å². The standard InChI is InChI=1S/C16H24BrNO/c1-11-6-7-16(18,12(2)8-11)10-13-9-14(17)4-5-15(13)19-3/h4-5,9,11-12H,6-8,10,18H2,1-3H3. The zero-order valence-corrected chi connectivity index (χ0v) is 13.7. The monoisotopic (exact) mass is 325 g/mol. The summed E-state index contributed by atoms with van der Waals surface area (Å²) in [6.07, 6.45) is 4.46. The van der Waals surface area contributed by atoms with Gasteiger partial charge in [0.05, 0.1) is 7.11 Å². The Morgan fingerprint density at radius 2 is 2.16 bits per heavy atom. The molecule has 1 saturated carbocycles. The Morgan fingerprint density at radius 3 is 2.79 bits per heavy atom. The largest absolute Gasteiger partial charge is 0.496 e. The van der Waals surface area contributed by atoms with E-state index in [0.29, 0.717) is 5.92 Å². The van der Waals surface area contributed by atoms with Gasteiger partial charge in [0.25, 0.3) is 0 Å². The Bertz CT molecular complexity index is 448. The van der Waals surface area contributed by atoms with Crippen molar-refractivity contribution in [3.63, 3.8) is 0 Å². The van der Waals surface area contributed by atoms with Crippen LogP contribution in [-0.2, 0) is 6.42 Å². The molecule has 3 atom stereocenters. The average Bonchev–Trinajstić information content (AvgIpc) is 2.35. The van der Waals surface area contributed by atoms with Crippen LogP contribution in [0.25, 0.3) is 0 Å². The van der Waals surface area contributed by atoms with Crippen LogP contribution in [0.4, 0.5) is 0 Å². The van der Waals surface area contributed by atoms with E-state index in [4.69, 9.17) is 10.5 Å². The highest BCUT2D eigenvalue weighted by Crippen LogP contribution is 2.39. The third-order valence-corrected chi connectivity index (χ3v) is 5.10. The Hall–Kier alpha value is -0.540. The molecule has 0 amide bonds. The summed E-state index contributed by atoms with van der Waals surface area (Å²) in [7, 11) is 1.72. The highest BCUT2D eigenvalue weighted by Gasteiger charge is 2.37. The van der Waals surface area contributed by atoms with Gasteiger partial charge in [-0.3, -0.25) is 0 Å². The maximum absolute atomic E-state index is 6.70. The van der Waals surface area contributed by atoms with Gasteiger partial charge in [0.2, 0.25) is 0 Å². The Balaban J connectivity index is 2.22. The summed E-state index contributed by atoms with van der Waals surface area (Å²) in [5, 5.41) is 0. The molecule has 3 unspecified atom stereocenters. The first-order valence-electron chi connectivity index (χ1n) is 7.06. The van der Waals surface area contributed by atoms with Gasteiger partial charge in [0.1, 0.15) is 5.75 Å². The number of ether oxygens (including phenoxy) is 1. The first kappa shape index (κ1) is 14.9. The van der Waals surface area contributed by atoms with Crippen LogP contribution < -0.4 is 10.5 Å². The van der Waals surface area contributed by atoms with Gasteiger partial charge in [-0.25, -0.2) is 0 Å². The zero-order chi connectivity index (χ0) is 14.0. The molecule has 0 spiro atoms. The number of hydrogen-bond acceptors (Lipinski definition) is 2. The fourth-order valence-electron chi connectivity index (χ4n) is 3.22. The van der Waals surface area contributed by atoms with Crippen molar-refractivity contribution in [2.24, 2.45) is 17.6 Å². The van der Waals surface area contributed by atoms with Crippen LogP contribution >= 0.6 is 15.9 Å². The van der Waals surface area contributed by atoms with Crippen molar-refractivity contribution in [1.29, 1.82) is 0 Å². The second-order valence-corrected chi connectivity index (χ2v) is 7.06. The average molecular weight is 326 g/mol. The minimum Gasteiger partial charge on any atom is -0.496 e. The summed E-state index contributed by atoms with van der Waals surface area (Å²) >= 11 is 3.54. The molecule has 2 N–H and O–H groups in total. The van der Waals surface area contributed by atoms with E-state index >= 15 is 0 Å². The fraction of sp³-hybridized carbons (Fsp3) is 0.625. The number of benzene rings is 1. The third-order valence-electron chi connectivity index (χ3n) is 4.60. The molecule has 0 heterocycles. The van der Waals surface area contributed by atoms with Crippen LogP contribution in [0.3, 0.4) is 0 Å². The number of rotatable bonds is 3. The van der Waals surface area contributed by atoms with Crippen LogP contribution in [0, 0.1) is 11.8 Å². The molecule has 1 aliphatic carbocycles. The second-order valence-electron chi connectivity index (χ2n) is 6.15. The molecule has 1 fully saturated rings. The molecule has 2 nitrogen and oxygen atoms in total. The molecule has 1 aliphatic rings. The summed E-state index contributed by atoms with van der Waals surface area (Å²) in [6, 6.07) is 6.16. The topological polar surface area (TPSA) is 35.2 Å². The molecule has 0 aliphatic heterocycles. The maximum atomic E-state index is 6.70. The van der Waals surface area contributed by atoms with E-state index in [-0.39, 0.29) is 5.54 Å². The fourth-order valence-corrected chi connectivity index (χ4v) is 3.63. The molecule has 1 aromatic carbocycles. The van der Waals surface area contributed by atoms with Crippen LogP contribution in [0.15, 0.2) is 22.7 Å². The van der Waals surface area contributed by atoms with E-state index in [2.05, 4.69) is 35.8 Å². The van der Waals surface area contributed by atoms with Crippen molar-refractivity contribution < 1.29 is 4.74 Å². The van der Waals surface area contributed by atoms with Gasteiger partial charge in [0.15, 0.2) is 0 Å². The minimum absolute atomic E-state index is 0.0966. The molecule has 1 aromatic rings. The molecular weight excluding hydrogens is 302 g/mol. The molecule has 3 heteroatoms. The summed E-state index contributed by atoms with van der Waals surface area (Å²) < 4.78 is 6.55. The van der Waals surface area contributed by atoms with E-state index in [0.717, 1.165) is 29.0 Å². The number of halogens is 1. The summed E-state index contributed by atoms with van der Waals surface area (Å²) in [5.41, 5.74) is 7.81. The van der Waals surface area contributed by atoms with Crippen molar-refractivity contribution >= 4 is 15.9 Å². The lowest BCUT2D eigenvalue weighted by molar-refractivity contribution is 0.162. The Labute approximate surface area is 124 Å². The van der Waals surface area contributed by atoms with Crippen molar-refractivity contribution in [1.82, 2.24) is 0 Å². The lowest BCUT2D eigenvalue weighted by Crippen LogP contribution is -2.51. The van der Waals surface area contributed by atoms with E-state index in [9.17, 15) is 0 Å². The Morgan fingerprint density at radius 1 is 1.42 bits per heavy atom. The third kappa shape index (κ3) is 3.32. The Kier molecular flexibility index (Phi) is 4.57. The maximum Gasteiger partial charge on any atom is 0.122 e. The van der Waals surface area contributed by atoms with Gasteiger partial charge in [-0.2, -0.15) is 0 Å². The lowest BCUT2D eigenvalue weighted by atomic mass is 9.68. The summed E-state index contributed by atoms with van der Waals surface area (Å²) in [6.45, 7) is 4.62. The van der Waals surface area contributed by atoms with E-state index in [1.807, 2.05) is 12.1 Å². The number of hydrogen-bond donors (Lipinski definition) is 1. The summed E-state index contributed by atoms with van der Waals surface area (Å²) in [4.78, 5) is 0. The first-order valence-corrected chi connectivity index (χ1v) is 7.85. The van der Waals surface area contributed by atoms with Gasteiger partial charge < -0.3 is 10.5 Å². The van der Waals surface area contributed by atoms with Crippen LogP contribution in [-0.4, -0.2) is 12.6 Å². The molecule has 19 heavy (non-hydrogen) atoms. The van der Waals surface area contributed by atoms with Crippen LogP contribution in [0.2, 0.25) is 0 Å². The summed E-state index contributed by atoms with van der Waals surface area (Å²) in [5.74, 6) is 2.30. The molecule has 2 rings (SSSR count). The second kappa shape index (κ2) is 5.84. The zero-order valence-electron chi connectivity index (χ0n) is 12.1. The van der Waals surface area contributed by atoms with Gasteiger partial charge in [0, 0.05) is 10.0 Å². The molecule has 0 aromatic heterocycles. The van der Waals surface area contributed by atoms with Crippen LogP contribution in [0.1, 0.15) is 38.7 Å². The van der Waals surface area contributed by atoms with E-state index in [1.54, 1.807) is 7.11 Å². The van der Waals surface area contributed by atoms with E-state index in [1.165, 1.54) is 18.4 Å². The minimum atomic E-state index is -0.0966. The normalized spacial score (nSPS) is 31.2. The predicted octanol–water partition coefficient (Wildman–Crippen LogP) is 4.15. The van der Waals surface area contributed by atoms with Crippen molar-refractivity contribution in [2.75, 3.05) is 7.11 Å². The van der Waals surface area contributed by atoms with E-state index < -0.39 is 0 Å². The van der Waals surface area contributed by atoms with Gasteiger partial charge >= 0.3 is 0 Å². The molecule has 106 valence electrons. The molecule has 0 saturated heterocycles. The first-order chi connectivity index (χ1) is 8.94. The van der Waals surface area contributed by atoms with Gasteiger partial charge in [-0.15, -0.1) is 0 Å². The molecular formula is C16H24BrNO. The number of nitrogens with two attached hydrogens (primary N) is 1. The highest BCUT2D eigenvalue weighted by molar-refractivity contribution is 9.10. The highest BCUT2D eigenvalue weighted by atomic mass is 79.9. The van der Waals surface area contributed by atoms with Crippen molar-refractivity contribution in [2.45, 2.75) is 45.1 Å². The smallest absolute Gasteiger partial charge is 0.122 e. The molecule has 0 radical (unpaired) electrons. The quantitative estimate of drug-likeness (QED) is 0.905. The SMILES string of the molecule is COc1ccc(Br)cc1CC1(N)CCC(C)CC1C. The van der Waals surface area contributed by atoms with Crippen molar-refractivity contribution in [3.05, 3.63) is 28.2 Å². The lowest BCUT2D eigenvalue weighted by Gasteiger charge is -2.42. The van der Waals surface area contributed by atoms with Crippen molar-refractivity contribution in [3.8, 4) is 5.75 Å². The number of methoxy groups -OCH3 is 1. The van der Waals surface area contributed by atoms with Gasteiger partial charge in [-0.1, -0.05) is 29.8 Å². The molecule has 0 bridgehead atoms. The predicted molar refractivity (Wildman–Crippen MR) is 83.5 cm³/mol.